The Kier molecular flexibility index (Phi) is 17.6. The molecule has 0 aliphatic heterocycles. The van der Waals surface area contributed by atoms with Crippen LogP contribution < -0.4 is 0 Å². The quantitative estimate of drug-likeness (QED) is 0.0397. The topological polar surface area (TPSA) is 88.4 Å². The molecule has 309 valence electrons. The SMILES string of the molecule is [CH2]C(C#N)OC(COCCOCCOC(c1ccccc1)(c1ccccc1)c1ccccc1)COCCOCCOC(c1ccccc1)(c1ccccc1)c1ccccc1. The van der Waals surface area contributed by atoms with Gasteiger partial charge in [0.1, 0.15) is 23.4 Å². The molecule has 6 rings (SSSR count). The summed E-state index contributed by atoms with van der Waals surface area (Å²) in [4.78, 5) is 0. The van der Waals surface area contributed by atoms with Crippen LogP contribution in [-0.2, 0) is 44.4 Å². The van der Waals surface area contributed by atoms with Crippen molar-refractivity contribution in [3.05, 3.63) is 222 Å². The summed E-state index contributed by atoms with van der Waals surface area (Å²) < 4.78 is 43.0. The third-order valence-electron chi connectivity index (χ3n) is 10.0. The van der Waals surface area contributed by atoms with Gasteiger partial charge in [0.25, 0.3) is 0 Å². The number of hydrogen-bond acceptors (Lipinski definition) is 8. The third-order valence-corrected chi connectivity index (χ3v) is 10.0. The lowest BCUT2D eigenvalue weighted by atomic mass is 9.80. The minimum atomic E-state index is -0.859. The molecule has 0 aliphatic carbocycles. The molecule has 6 aromatic rings. The maximum Gasteiger partial charge on any atom is 0.144 e. The van der Waals surface area contributed by atoms with Crippen LogP contribution in [0.15, 0.2) is 182 Å². The van der Waals surface area contributed by atoms with Crippen LogP contribution in [0.1, 0.15) is 33.4 Å². The van der Waals surface area contributed by atoms with E-state index in [2.05, 4.69) is 79.7 Å². The first-order valence-corrected chi connectivity index (χ1v) is 20.5. The molecule has 0 amide bonds. The third kappa shape index (κ3) is 11.8. The molecule has 8 heteroatoms. The van der Waals surface area contributed by atoms with Crippen molar-refractivity contribution >= 4 is 0 Å². The lowest BCUT2D eigenvalue weighted by Crippen LogP contribution is -2.34. The second-order valence-corrected chi connectivity index (χ2v) is 14.0. The fraction of sp³-hybridized carbons (Fsp3) is 0.269. The second-order valence-electron chi connectivity index (χ2n) is 14.0. The number of hydrogen-bond donors (Lipinski definition) is 0. The van der Waals surface area contributed by atoms with Gasteiger partial charge < -0.3 is 33.2 Å². The number of nitrogens with zero attached hydrogens (tertiary/aromatic N) is 1. The van der Waals surface area contributed by atoms with Crippen molar-refractivity contribution in [1.29, 1.82) is 5.26 Å². The van der Waals surface area contributed by atoms with Crippen molar-refractivity contribution in [3.8, 4) is 6.07 Å². The molecule has 0 aliphatic rings. The van der Waals surface area contributed by atoms with E-state index in [4.69, 9.17) is 33.2 Å². The summed E-state index contributed by atoms with van der Waals surface area (Å²) in [6.07, 6.45) is -1.35. The Balaban J connectivity index is 0.931. The van der Waals surface area contributed by atoms with E-state index >= 15 is 0 Å². The van der Waals surface area contributed by atoms with Crippen LogP contribution in [0.2, 0.25) is 0 Å². The lowest BCUT2D eigenvalue weighted by molar-refractivity contribution is -0.0845. The van der Waals surface area contributed by atoms with Crippen molar-refractivity contribution in [2.75, 3.05) is 66.1 Å². The first-order chi connectivity index (χ1) is 29.7. The zero-order valence-electron chi connectivity index (χ0n) is 34.1. The van der Waals surface area contributed by atoms with Gasteiger partial charge in [-0.05, 0) is 40.3 Å². The van der Waals surface area contributed by atoms with E-state index in [1.807, 2.05) is 115 Å². The van der Waals surface area contributed by atoms with E-state index in [-0.39, 0.29) is 13.2 Å². The van der Waals surface area contributed by atoms with Gasteiger partial charge in [-0.15, -0.1) is 0 Å². The summed E-state index contributed by atoms with van der Waals surface area (Å²) in [7, 11) is 0. The maximum atomic E-state index is 9.34. The molecule has 1 unspecified atom stereocenters. The zero-order chi connectivity index (χ0) is 41.6. The van der Waals surface area contributed by atoms with Crippen molar-refractivity contribution in [3.63, 3.8) is 0 Å². The average molecular weight is 805 g/mol. The van der Waals surface area contributed by atoms with E-state index in [1.165, 1.54) is 0 Å². The molecule has 6 aromatic carbocycles. The summed E-state index contributed by atoms with van der Waals surface area (Å²) in [5.74, 6) is 0. The highest BCUT2D eigenvalue weighted by Gasteiger charge is 2.38. The van der Waals surface area contributed by atoms with Crippen molar-refractivity contribution in [2.45, 2.75) is 23.4 Å². The van der Waals surface area contributed by atoms with Crippen LogP contribution in [-0.4, -0.2) is 78.3 Å². The highest BCUT2D eigenvalue weighted by molar-refractivity contribution is 5.48. The van der Waals surface area contributed by atoms with E-state index in [0.717, 1.165) is 33.4 Å². The lowest BCUT2D eigenvalue weighted by Gasteiger charge is -2.36. The van der Waals surface area contributed by atoms with Gasteiger partial charge in [0.2, 0.25) is 0 Å². The van der Waals surface area contributed by atoms with Crippen LogP contribution in [0.4, 0.5) is 0 Å². The molecule has 0 saturated carbocycles. The highest BCUT2D eigenvalue weighted by Crippen LogP contribution is 2.41. The summed E-state index contributed by atoms with van der Waals surface area (Å²) >= 11 is 0. The Morgan fingerprint density at radius 1 is 0.383 bits per heavy atom. The van der Waals surface area contributed by atoms with Crippen molar-refractivity contribution in [1.82, 2.24) is 0 Å². The van der Waals surface area contributed by atoms with Gasteiger partial charge in [0, 0.05) is 0 Å². The first-order valence-electron chi connectivity index (χ1n) is 20.5. The standard InChI is InChI=1S/C52H54NO7/c1-43(40-53)60-50(41-56-34-32-54-36-38-58-51(44-20-8-2-9-21-44,45-22-10-3-11-23-45)46-24-12-4-13-25-46)42-57-35-33-55-37-39-59-52(47-26-14-5-15-27-47,48-28-16-6-17-29-48)49-30-18-7-19-31-49/h2-31,43,50H,1,32-39,41-42H2. The van der Waals surface area contributed by atoms with Gasteiger partial charge >= 0.3 is 0 Å². The Morgan fingerprint density at radius 2 is 0.633 bits per heavy atom. The predicted molar refractivity (Wildman–Crippen MR) is 233 cm³/mol. The summed E-state index contributed by atoms with van der Waals surface area (Å²) in [6, 6.07) is 63.6. The molecule has 8 nitrogen and oxygen atoms in total. The molecular formula is C52H54NO7. The molecule has 1 atom stereocenters. The molecule has 0 heterocycles. The molecule has 1 radical (unpaired) electrons. The van der Waals surface area contributed by atoms with Gasteiger partial charge in [-0.3, -0.25) is 0 Å². The second kappa shape index (κ2) is 24.0. The summed E-state index contributed by atoms with van der Waals surface area (Å²) in [6.45, 7) is 6.98. The predicted octanol–water partition coefficient (Wildman–Crippen LogP) is 9.18. The smallest absolute Gasteiger partial charge is 0.144 e. The molecule has 0 aromatic heterocycles. The Labute approximate surface area is 355 Å². The number of rotatable bonds is 26. The van der Waals surface area contributed by atoms with Crippen LogP contribution >= 0.6 is 0 Å². The molecule has 0 N–H and O–H groups in total. The van der Waals surface area contributed by atoms with Crippen LogP contribution in [0, 0.1) is 18.3 Å². The summed E-state index contributed by atoms with van der Waals surface area (Å²) in [5, 5.41) is 9.34. The molecule has 0 saturated heterocycles. The minimum Gasteiger partial charge on any atom is -0.377 e. The molecule has 60 heavy (non-hydrogen) atoms. The van der Waals surface area contributed by atoms with Crippen molar-refractivity contribution < 1.29 is 33.2 Å². The van der Waals surface area contributed by atoms with Crippen LogP contribution in [0.5, 0.6) is 0 Å². The molecule has 0 spiro atoms. The van der Waals surface area contributed by atoms with Crippen LogP contribution in [0.25, 0.3) is 0 Å². The van der Waals surface area contributed by atoms with Crippen molar-refractivity contribution in [2.24, 2.45) is 0 Å². The number of benzene rings is 6. The van der Waals surface area contributed by atoms with Gasteiger partial charge in [-0.25, -0.2) is 0 Å². The van der Waals surface area contributed by atoms with E-state index < -0.39 is 23.4 Å². The average Bonchev–Trinajstić information content (AvgIpc) is 3.32. The normalized spacial score (nSPS) is 12.3. The highest BCUT2D eigenvalue weighted by atomic mass is 16.6. The van der Waals surface area contributed by atoms with E-state index in [1.54, 1.807) is 0 Å². The van der Waals surface area contributed by atoms with Gasteiger partial charge in [-0.1, -0.05) is 182 Å². The number of ether oxygens (including phenoxy) is 7. The zero-order valence-corrected chi connectivity index (χ0v) is 34.1. The molecular weight excluding hydrogens is 751 g/mol. The van der Waals surface area contributed by atoms with Crippen LogP contribution in [0.3, 0.4) is 0 Å². The fourth-order valence-corrected chi connectivity index (χ4v) is 7.30. The molecule has 0 bridgehead atoms. The minimum absolute atomic E-state index is 0.210. The monoisotopic (exact) mass is 804 g/mol. The van der Waals surface area contributed by atoms with Gasteiger partial charge in [0.05, 0.1) is 72.1 Å². The fourth-order valence-electron chi connectivity index (χ4n) is 7.30. The van der Waals surface area contributed by atoms with Gasteiger partial charge in [-0.2, -0.15) is 5.26 Å². The maximum absolute atomic E-state index is 9.34. The first kappa shape index (κ1) is 44.1. The molecule has 0 fully saturated rings. The Morgan fingerprint density at radius 3 is 0.900 bits per heavy atom. The Bertz CT molecular complexity index is 1750. The largest absolute Gasteiger partial charge is 0.377 e. The summed E-state index contributed by atoms with van der Waals surface area (Å²) in [5.41, 5.74) is 4.60. The van der Waals surface area contributed by atoms with E-state index in [9.17, 15) is 5.26 Å². The number of nitriles is 1. The Hall–Kier alpha value is -5.47. The van der Waals surface area contributed by atoms with E-state index in [0.29, 0.717) is 52.9 Å². The van der Waals surface area contributed by atoms with Gasteiger partial charge in [0.15, 0.2) is 0 Å².